The van der Waals surface area contributed by atoms with Gasteiger partial charge in [-0.15, -0.1) is 0 Å². The van der Waals surface area contributed by atoms with Crippen LogP contribution in [0.5, 0.6) is 0 Å². The Bertz CT molecular complexity index is 404. The minimum absolute atomic E-state index is 0.0472. The Morgan fingerprint density at radius 3 is 2.48 bits per heavy atom. The average molecular weight is 326 g/mol. The van der Waals surface area contributed by atoms with E-state index in [2.05, 4.69) is 17.1 Å². The van der Waals surface area contributed by atoms with E-state index < -0.39 is 5.60 Å². The van der Waals surface area contributed by atoms with Gasteiger partial charge in [-0.25, -0.2) is 4.79 Å². The van der Waals surface area contributed by atoms with Crippen molar-refractivity contribution in [1.29, 1.82) is 0 Å². The Kier molecular flexibility index (Phi) is 5.95. The van der Waals surface area contributed by atoms with Gasteiger partial charge in [0.1, 0.15) is 5.60 Å². The van der Waals surface area contributed by atoms with Crippen LogP contribution in [0.4, 0.5) is 4.79 Å². The van der Waals surface area contributed by atoms with E-state index in [1.807, 2.05) is 27.7 Å². The van der Waals surface area contributed by atoms with Crippen LogP contribution < -0.4 is 5.32 Å². The van der Waals surface area contributed by atoms with E-state index in [4.69, 9.17) is 4.74 Å². The molecule has 1 heterocycles. The van der Waals surface area contributed by atoms with Crippen molar-refractivity contribution in [3.8, 4) is 0 Å². The largest absolute Gasteiger partial charge is 0.444 e. The second-order valence-electron chi connectivity index (χ2n) is 8.35. The van der Waals surface area contributed by atoms with E-state index in [0.717, 1.165) is 31.8 Å². The van der Waals surface area contributed by atoms with Gasteiger partial charge in [-0.2, -0.15) is 0 Å². The zero-order valence-electron chi connectivity index (χ0n) is 15.3. The molecule has 0 aromatic rings. The molecule has 0 radical (unpaired) electrons. The highest BCUT2D eigenvalue weighted by Crippen LogP contribution is 2.37. The zero-order valence-corrected chi connectivity index (χ0v) is 15.3. The molecule has 1 saturated carbocycles. The number of carbonyl (C=O) groups is 1. The second-order valence-corrected chi connectivity index (χ2v) is 8.35. The van der Waals surface area contributed by atoms with Crippen LogP contribution in [-0.4, -0.2) is 53.0 Å². The molecule has 1 amide bonds. The van der Waals surface area contributed by atoms with Crippen LogP contribution in [0.1, 0.15) is 60.3 Å². The van der Waals surface area contributed by atoms with Crippen LogP contribution in [0.25, 0.3) is 0 Å². The molecular formula is C18H34N2O3. The van der Waals surface area contributed by atoms with Crippen molar-refractivity contribution in [2.45, 2.75) is 84.1 Å². The Morgan fingerprint density at radius 2 is 1.96 bits per heavy atom. The van der Waals surface area contributed by atoms with Gasteiger partial charge in [0.25, 0.3) is 0 Å². The third-order valence-electron chi connectivity index (χ3n) is 5.07. The number of aliphatic hydroxyl groups excluding tert-OH is 1. The van der Waals surface area contributed by atoms with E-state index in [0.29, 0.717) is 6.04 Å². The molecular weight excluding hydrogens is 292 g/mol. The molecule has 0 aromatic carbocycles. The van der Waals surface area contributed by atoms with Gasteiger partial charge >= 0.3 is 6.09 Å². The van der Waals surface area contributed by atoms with Gasteiger partial charge in [0.15, 0.2) is 0 Å². The summed E-state index contributed by atoms with van der Waals surface area (Å²) in [5.74, 6) is 1.00. The Labute approximate surface area is 140 Å². The standard InChI is InChI=1S/C18H34N2O3/c1-6-16(21)14-9-15(19-17(22)23-18(3,4)5)11-20(10-14)12(2)13-7-8-13/h12-16,21H,6-11H2,1-5H3,(H,19,22). The van der Waals surface area contributed by atoms with Crippen molar-refractivity contribution in [1.82, 2.24) is 10.2 Å². The van der Waals surface area contributed by atoms with Crippen LogP contribution in [-0.2, 0) is 4.74 Å². The summed E-state index contributed by atoms with van der Waals surface area (Å²) < 4.78 is 5.39. The smallest absolute Gasteiger partial charge is 0.407 e. The van der Waals surface area contributed by atoms with Gasteiger partial charge in [0.2, 0.25) is 0 Å². The van der Waals surface area contributed by atoms with Gasteiger partial charge in [-0.1, -0.05) is 6.92 Å². The Hall–Kier alpha value is -0.810. The maximum absolute atomic E-state index is 12.1. The normalized spacial score (nSPS) is 29.0. The third-order valence-corrected chi connectivity index (χ3v) is 5.07. The van der Waals surface area contributed by atoms with Crippen molar-refractivity contribution in [2.75, 3.05) is 13.1 Å². The number of amides is 1. The van der Waals surface area contributed by atoms with Crippen LogP contribution >= 0.6 is 0 Å². The predicted octanol–water partition coefficient (Wildman–Crippen LogP) is 2.77. The van der Waals surface area contributed by atoms with Gasteiger partial charge in [-0.05, 0) is 65.2 Å². The maximum Gasteiger partial charge on any atom is 0.407 e. The first-order chi connectivity index (χ1) is 10.7. The fraction of sp³-hybridized carbons (Fsp3) is 0.944. The van der Waals surface area contributed by atoms with E-state index in [9.17, 15) is 9.90 Å². The Morgan fingerprint density at radius 1 is 1.30 bits per heavy atom. The summed E-state index contributed by atoms with van der Waals surface area (Å²) in [6.45, 7) is 11.7. The molecule has 1 aliphatic carbocycles. The molecule has 4 unspecified atom stereocenters. The van der Waals surface area contributed by atoms with Gasteiger partial charge in [-0.3, -0.25) is 4.90 Å². The number of carbonyl (C=O) groups excluding carboxylic acids is 1. The predicted molar refractivity (Wildman–Crippen MR) is 91.3 cm³/mol. The number of alkyl carbamates (subject to hydrolysis) is 1. The van der Waals surface area contributed by atoms with Crippen LogP contribution in [0.2, 0.25) is 0 Å². The number of hydrogen-bond acceptors (Lipinski definition) is 4. The Balaban J connectivity index is 1.97. The molecule has 2 rings (SSSR count). The molecule has 134 valence electrons. The lowest BCUT2D eigenvalue weighted by Crippen LogP contribution is -2.56. The lowest BCUT2D eigenvalue weighted by Gasteiger charge is -2.42. The number of ether oxygens (including phenoxy) is 1. The first-order valence-electron chi connectivity index (χ1n) is 9.11. The number of nitrogens with one attached hydrogen (secondary N) is 1. The second kappa shape index (κ2) is 7.39. The van der Waals surface area contributed by atoms with Crippen LogP contribution in [0.15, 0.2) is 0 Å². The first-order valence-corrected chi connectivity index (χ1v) is 9.11. The summed E-state index contributed by atoms with van der Waals surface area (Å²) in [7, 11) is 0. The third kappa shape index (κ3) is 5.64. The van der Waals surface area contributed by atoms with Crippen molar-refractivity contribution in [3.63, 3.8) is 0 Å². The highest BCUT2D eigenvalue weighted by atomic mass is 16.6. The number of hydrogen-bond donors (Lipinski definition) is 2. The SMILES string of the molecule is CCC(O)C1CC(NC(=O)OC(C)(C)C)CN(C(C)C2CC2)C1. The minimum atomic E-state index is -0.484. The molecule has 1 aliphatic heterocycles. The number of rotatable bonds is 5. The monoisotopic (exact) mass is 326 g/mol. The lowest BCUT2D eigenvalue weighted by molar-refractivity contribution is 0.0108. The molecule has 2 aliphatic rings. The molecule has 0 aromatic heterocycles. The summed E-state index contributed by atoms with van der Waals surface area (Å²) in [6, 6.07) is 0.579. The summed E-state index contributed by atoms with van der Waals surface area (Å²) in [6.07, 6.45) is 3.55. The van der Waals surface area contributed by atoms with Crippen molar-refractivity contribution < 1.29 is 14.6 Å². The quantitative estimate of drug-likeness (QED) is 0.815. The topological polar surface area (TPSA) is 61.8 Å². The molecule has 5 nitrogen and oxygen atoms in total. The summed E-state index contributed by atoms with van der Waals surface area (Å²) in [4.78, 5) is 14.5. The summed E-state index contributed by atoms with van der Waals surface area (Å²) in [5.41, 5.74) is -0.484. The number of likely N-dealkylation sites (tertiary alicyclic amines) is 1. The fourth-order valence-corrected chi connectivity index (χ4v) is 3.57. The van der Waals surface area contributed by atoms with Crippen molar-refractivity contribution >= 4 is 6.09 Å². The van der Waals surface area contributed by atoms with Gasteiger partial charge in [0.05, 0.1) is 6.10 Å². The first kappa shape index (κ1) is 18.5. The number of aliphatic hydroxyl groups is 1. The molecule has 5 heteroatoms. The van der Waals surface area contributed by atoms with Gasteiger partial charge in [0, 0.05) is 25.2 Å². The summed E-state index contributed by atoms with van der Waals surface area (Å²) in [5, 5.41) is 13.3. The molecule has 0 spiro atoms. The molecule has 4 atom stereocenters. The zero-order chi connectivity index (χ0) is 17.2. The minimum Gasteiger partial charge on any atom is -0.444 e. The summed E-state index contributed by atoms with van der Waals surface area (Å²) >= 11 is 0. The van der Waals surface area contributed by atoms with Crippen molar-refractivity contribution in [2.24, 2.45) is 11.8 Å². The van der Waals surface area contributed by atoms with Crippen LogP contribution in [0, 0.1) is 11.8 Å². The van der Waals surface area contributed by atoms with E-state index in [1.165, 1.54) is 12.8 Å². The van der Waals surface area contributed by atoms with E-state index >= 15 is 0 Å². The van der Waals surface area contributed by atoms with Crippen LogP contribution in [0.3, 0.4) is 0 Å². The van der Waals surface area contributed by atoms with E-state index in [-0.39, 0.29) is 24.2 Å². The number of piperidine rings is 1. The molecule has 1 saturated heterocycles. The molecule has 23 heavy (non-hydrogen) atoms. The highest BCUT2D eigenvalue weighted by Gasteiger charge is 2.38. The van der Waals surface area contributed by atoms with Crippen molar-refractivity contribution in [3.05, 3.63) is 0 Å². The molecule has 0 bridgehead atoms. The lowest BCUT2D eigenvalue weighted by atomic mass is 9.87. The highest BCUT2D eigenvalue weighted by molar-refractivity contribution is 5.68. The number of nitrogens with zero attached hydrogens (tertiary/aromatic N) is 1. The molecule has 2 N–H and O–H groups in total. The fourth-order valence-electron chi connectivity index (χ4n) is 3.57. The average Bonchev–Trinajstić information content (AvgIpc) is 3.27. The van der Waals surface area contributed by atoms with E-state index in [1.54, 1.807) is 0 Å². The maximum atomic E-state index is 12.1. The van der Waals surface area contributed by atoms with Gasteiger partial charge < -0.3 is 15.2 Å². The molecule has 2 fully saturated rings.